The molecule has 0 aliphatic heterocycles. The number of nitrogens with zero attached hydrogens (tertiary/aromatic N) is 1. The molecule has 0 atom stereocenters. The third-order valence-electron chi connectivity index (χ3n) is 1.29. The summed E-state index contributed by atoms with van der Waals surface area (Å²) in [4.78, 5) is 17.4. The lowest BCUT2D eigenvalue weighted by Crippen LogP contribution is -2.14. The lowest BCUT2D eigenvalue weighted by atomic mass is 10.6. The maximum atomic E-state index is 11.1. The van der Waals surface area contributed by atoms with Gasteiger partial charge in [-0.25, -0.2) is 4.98 Å². The van der Waals surface area contributed by atoms with E-state index in [0.717, 1.165) is 0 Å². The fraction of sp³-hybridized carbons (Fsp3) is 0.429. The van der Waals surface area contributed by atoms with Gasteiger partial charge in [-0.3, -0.25) is 4.79 Å². The zero-order valence-corrected chi connectivity index (χ0v) is 9.20. The van der Waals surface area contributed by atoms with Gasteiger partial charge in [0.2, 0.25) is 5.88 Å². The molecular weight excluding hydrogens is 287 g/mol. The van der Waals surface area contributed by atoms with Crippen molar-refractivity contribution in [2.45, 2.75) is 0 Å². The fourth-order valence-corrected chi connectivity index (χ4v) is 1.14. The minimum atomic E-state index is -0.192. The Labute approximate surface area is 88.6 Å². The Morgan fingerprint density at radius 3 is 3.08 bits per heavy atom. The van der Waals surface area contributed by atoms with E-state index in [2.05, 4.69) is 9.97 Å². The Morgan fingerprint density at radius 1 is 1.62 bits per heavy atom. The first-order valence-electron chi connectivity index (χ1n) is 3.60. The Hall–Kier alpha value is -0.630. The Bertz CT molecular complexity index is 326. The number of hydrogen-bond acceptors (Lipinski definition) is 4. The number of aromatic nitrogens is 2. The van der Waals surface area contributed by atoms with Crippen molar-refractivity contribution in [2.75, 3.05) is 20.3 Å². The summed E-state index contributed by atoms with van der Waals surface area (Å²) in [6, 6.07) is 0. The van der Waals surface area contributed by atoms with Gasteiger partial charge in [0, 0.05) is 7.11 Å². The highest BCUT2D eigenvalue weighted by Gasteiger charge is 2.05. The second-order valence-corrected chi connectivity index (χ2v) is 3.27. The molecular formula is C7H9IN2O3. The molecule has 1 aromatic rings. The molecule has 0 aliphatic rings. The van der Waals surface area contributed by atoms with E-state index >= 15 is 0 Å². The van der Waals surface area contributed by atoms with Crippen LogP contribution in [0.15, 0.2) is 11.1 Å². The lowest BCUT2D eigenvalue weighted by molar-refractivity contribution is 0.143. The van der Waals surface area contributed by atoms with E-state index in [-0.39, 0.29) is 5.56 Å². The van der Waals surface area contributed by atoms with E-state index in [9.17, 15) is 4.79 Å². The molecule has 1 N–H and O–H groups in total. The summed E-state index contributed by atoms with van der Waals surface area (Å²) in [5.41, 5.74) is -0.192. The van der Waals surface area contributed by atoms with Gasteiger partial charge in [-0.2, -0.15) is 0 Å². The maximum Gasteiger partial charge on any atom is 0.268 e. The number of aromatic amines is 1. The number of methoxy groups -OCH3 is 1. The summed E-state index contributed by atoms with van der Waals surface area (Å²) in [7, 11) is 1.58. The van der Waals surface area contributed by atoms with Crippen molar-refractivity contribution in [3.63, 3.8) is 0 Å². The van der Waals surface area contributed by atoms with E-state index in [1.54, 1.807) is 7.11 Å². The molecule has 0 radical (unpaired) electrons. The molecule has 13 heavy (non-hydrogen) atoms. The summed E-state index contributed by atoms with van der Waals surface area (Å²) in [5, 5.41) is 0. The quantitative estimate of drug-likeness (QED) is 0.645. The van der Waals surface area contributed by atoms with Gasteiger partial charge >= 0.3 is 0 Å². The van der Waals surface area contributed by atoms with Gasteiger partial charge < -0.3 is 14.5 Å². The van der Waals surface area contributed by atoms with Crippen LogP contribution in [0.5, 0.6) is 5.88 Å². The number of nitrogens with one attached hydrogen (secondary N) is 1. The first-order chi connectivity index (χ1) is 6.25. The van der Waals surface area contributed by atoms with Crippen LogP contribution in [0.1, 0.15) is 0 Å². The largest absolute Gasteiger partial charge is 0.474 e. The van der Waals surface area contributed by atoms with Crippen LogP contribution >= 0.6 is 22.6 Å². The Morgan fingerprint density at radius 2 is 2.38 bits per heavy atom. The molecule has 5 nitrogen and oxygen atoms in total. The van der Waals surface area contributed by atoms with Gasteiger partial charge in [-0.05, 0) is 22.6 Å². The molecule has 1 rings (SSSR count). The van der Waals surface area contributed by atoms with E-state index in [1.807, 2.05) is 22.6 Å². The molecule has 6 heteroatoms. The number of rotatable bonds is 4. The maximum absolute atomic E-state index is 11.1. The van der Waals surface area contributed by atoms with Crippen LogP contribution in [0, 0.1) is 3.57 Å². The standard InChI is InChI=1S/C7H9IN2O3/c1-12-2-3-13-7-5(8)6(11)9-4-10-7/h4H,2-3H2,1H3,(H,9,10,11). The second-order valence-electron chi connectivity index (χ2n) is 2.19. The molecule has 72 valence electrons. The Balaban J connectivity index is 2.66. The highest BCUT2D eigenvalue weighted by molar-refractivity contribution is 14.1. The lowest BCUT2D eigenvalue weighted by Gasteiger charge is -2.04. The molecule has 1 heterocycles. The monoisotopic (exact) mass is 296 g/mol. The summed E-state index contributed by atoms with van der Waals surface area (Å²) >= 11 is 1.88. The third kappa shape index (κ3) is 2.96. The van der Waals surface area contributed by atoms with Crippen LogP contribution in [0.2, 0.25) is 0 Å². The molecule has 0 aromatic carbocycles. The molecule has 0 saturated heterocycles. The van der Waals surface area contributed by atoms with Gasteiger partial charge in [-0.15, -0.1) is 0 Å². The van der Waals surface area contributed by atoms with Crippen LogP contribution in [-0.2, 0) is 4.74 Å². The van der Waals surface area contributed by atoms with Crippen molar-refractivity contribution in [1.82, 2.24) is 9.97 Å². The van der Waals surface area contributed by atoms with Crippen LogP contribution in [0.25, 0.3) is 0 Å². The summed E-state index contributed by atoms with van der Waals surface area (Å²) < 4.78 is 10.4. The zero-order valence-electron chi connectivity index (χ0n) is 7.04. The smallest absolute Gasteiger partial charge is 0.268 e. The minimum Gasteiger partial charge on any atom is -0.474 e. The molecule has 0 unspecified atom stereocenters. The fourth-order valence-electron chi connectivity index (χ4n) is 0.689. The number of ether oxygens (including phenoxy) is 2. The average Bonchev–Trinajstić information content (AvgIpc) is 2.13. The normalized spacial score (nSPS) is 10.0. The summed E-state index contributed by atoms with van der Waals surface area (Å²) in [5.74, 6) is 0.349. The first-order valence-corrected chi connectivity index (χ1v) is 4.68. The zero-order chi connectivity index (χ0) is 9.68. The van der Waals surface area contributed by atoms with Crippen LogP contribution in [0.3, 0.4) is 0 Å². The van der Waals surface area contributed by atoms with Gasteiger partial charge in [-0.1, -0.05) is 0 Å². The van der Waals surface area contributed by atoms with Gasteiger partial charge in [0.1, 0.15) is 10.2 Å². The number of halogens is 1. The van der Waals surface area contributed by atoms with Crippen molar-refractivity contribution in [1.29, 1.82) is 0 Å². The van der Waals surface area contributed by atoms with Gasteiger partial charge in [0.25, 0.3) is 5.56 Å². The highest BCUT2D eigenvalue weighted by atomic mass is 127. The minimum absolute atomic E-state index is 0.192. The SMILES string of the molecule is COCCOc1nc[nH]c(=O)c1I. The van der Waals surface area contributed by atoms with E-state index < -0.39 is 0 Å². The molecule has 0 fully saturated rings. The van der Waals surface area contributed by atoms with Crippen molar-refractivity contribution in [3.8, 4) is 5.88 Å². The molecule has 0 aliphatic carbocycles. The molecule has 0 saturated carbocycles. The average molecular weight is 296 g/mol. The first kappa shape index (κ1) is 10.5. The predicted octanol–water partition coefficient (Wildman–Crippen LogP) is 0.400. The van der Waals surface area contributed by atoms with Crippen molar-refractivity contribution in [2.24, 2.45) is 0 Å². The summed E-state index contributed by atoms with van der Waals surface area (Å²) in [6.45, 7) is 0.869. The molecule has 0 amide bonds. The summed E-state index contributed by atoms with van der Waals surface area (Å²) in [6.07, 6.45) is 1.31. The van der Waals surface area contributed by atoms with Crippen LogP contribution < -0.4 is 10.3 Å². The third-order valence-corrected chi connectivity index (χ3v) is 2.24. The van der Waals surface area contributed by atoms with Crippen molar-refractivity contribution < 1.29 is 9.47 Å². The van der Waals surface area contributed by atoms with Gasteiger partial charge in [0.15, 0.2) is 0 Å². The molecule has 0 spiro atoms. The highest BCUT2D eigenvalue weighted by Crippen LogP contribution is 2.10. The van der Waals surface area contributed by atoms with E-state index in [1.165, 1.54) is 6.33 Å². The molecule has 1 aromatic heterocycles. The number of hydrogen-bond donors (Lipinski definition) is 1. The van der Waals surface area contributed by atoms with Crippen molar-refractivity contribution in [3.05, 3.63) is 20.3 Å². The van der Waals surface area contributed by atoms with Crippen molar-refractivity contribution >= 4 is 22.6 Å². The second kappa shape index (κ2) is 5.18. The predicted molar refractivity (Wildman–Crippen MR) is 54.9 cm³/mol. The number of H-pyrrole nitrogens is 1. The topological polar surface area (TPSA) is 64.2 Å². The molecule has 0 bridgehead atoms. The van der Waals surface area contributed by atoms with Crippen LogP contribution in [-0.4, -0.2) is 30.3 Å². The van der Waals surface area contributed by atoms with Crippen LogP contribution in [0.4, 0.5) is 0 Å². The van der Waals surface area contributed by atoms with E-state index in [0.29, 0.717) is 22.7 Å². The Kier molecular flexibility index (Phi) is 4.16. The van der Waals surface area contributed by atoms with E-state index in [4.69, 9.17) is 9.47 Å². The van der Waals surface area contributed by atoms with Gasteiger partial charge in [0.05, 0.1) is 12.9 Å².